The smallest absolute Gasteiger partial charge is 0.325 e. The molecule has 0 saturated carbocycles. The number of thioether (sulfide) groups is 1. The third kappa shape index (κ3) is 5.51. The second kappa shape index (κ2) is 9.92. The third-order valence-electron chi connectivity index (χ3n) is 4.83. The van der Waals surface area contributed by atoms with Crippen LogP contribution in [-0.2, 0) is 16.0 Å². The molecule has 1 saturated heterocycles. The number of nitrogens with one attached hydrogen (secondary N) is 3. The van der Waals surface area contributed by atoms with Gasteiger partial charge in [-0.1, -0.05) is 11.8 Å². The number of amides is 1. The van der Waals surface area contributed by atoms with E-state index in [9.17, 15) is 18.8 Å². The fourth-order valence-corrected chi connectivity index (χ4v) is 4.16. The van der Waals surface area contributed by atoms with E-state index in [0.29, 0.717) is 28.9 Å². The molecule has 1 aliphatic heterocycles. The highest BCUT2D eigenvalue weighted by atomic mass is 32.2. The molecule has 0 bridgehead atoms. The minimum atomic E-state index is -0.627. The predicted molar refractivity (Wildman–Crippen MR) is 115 cm³/mol. The van der Waals surface area contributed by atoms with E-state index in [4.69, 9.17) is 4.74 Å². The Bertz CT molecular complexity index is 1170. The maximum Gasteiger partial charge on any atom is 0.325 e. The number of carbonyl (C=O) groups is 1. The van der Waals surface area contributed by atoms with Gasteiger partial charge in [0, 0.05) is 37.0 Å². The van der Waals surface area contributed by atoms with Crippen molar-refractivity contribution in [2.45, 2.75) is 30.5 Å². The molecule has 3 N–H and O–H groups in total. The fraction of sp³-hybridized carbons (Fsp3) is 0.350. The van der Waals surface area contributed by atoms with Crippen molar-refractivity contribution in [3.63, 3.8) is 0 Å². The van der Waals surface area contributed by atoms with E-state index < -0.39 is 17.1 Å². The fourth-order valence-electron chi connectivity index (χ4n) is 3.36. The molecule has 0 spiro atoms. The lowest BCUT2D eigenvalue weighted by Gasteiger charge is -2.12. The number of carbonyl (C=O) groups excluding carboxylic acids is 1. The van der Waals surface area contributed by atoms with Gasteiger partial charge >= 0.3 is 5.69 Å². The van der Waals surface area contributed by atoms with Gasteiger partial charge in [0.15, 0.2) is 5.16 Å². The first-order valence-corrected chi connectivity index (χ1v) is 11.0. The lowest BCUT2D eigenvalue weighted by atomic mass is 10.2. The molecule has 1 amide bonds. The molecule has 2 aromatic heterocycles. The van der Waals surface area contributed by atoms with Crippen LogP contribution in [0.25, 0.3) is 5.69 Å². The molecule has 1 aromatic carbocycles. The maximum atomic E-state index is 13.4. The molecule has 10 nitrogen and oxygen atoms in total. The Labute approximate surface area is 185 Å². The van der Waals surface area contributed by atoms with Crippen molar-refractivity contribution in [2.24, 2.45) is 0 Å². The summed E-state index contributed by atoms with van der Waals surface area (Å²) in [5, 5.41) is 11.6. The average molecular weight is 460 g/mol. The highest BCUT2D eigenvalue weighted by Gasteiger charge is 2.19. The van der Waals surface area contributed by atoms with E-state index in [2.05, 4.69) is 25.5 Å². The molecule has 1 atom stereocenters. The van der Waals surface area contributed by atoms with Gasteiger partial charge in [-0.05, 0) is 37.1 Å². The van der Waals surface area contributed by atoms with E-state index in [1.165, 1.54) is 30.0 Å². The average Bonchev–Trinajstić information content (AvgIpc) is 3.41. The Balaban J connectivity index is 1.53. The Hall–Kier alpha value is -3.25. The van der Waals surface area contributed by atoms with Gasteiger partial charge in [0.25, 0.3) is 5.56 Å². The number of H-pyrrole nitrogens is 2. The Morgan fingerprint density at radius 1 is 1.25 bits per heavy atom. The molecule has 0 aliphatic carbocycles. The van der Waals surface area contributed by atoms with Crippen molar-refractivity contribution in [1.82, 2.24) is 30.0 Å². The molecule has 3 heterocycles. The largest absolute Gasteiger partial charge is 0.376 e. The van der Waals surface area contributed by atoms with Crippen LogP contribution >= 0.6 is 11.8 Å². The van der Waals surface area contributed by atoms with Crippen LogP contribution in [0.1, 0.15) is 24.4 Å². The summed E-state index contributed by atoms with van der Waals surface area (Å²) in [6, 6.07) is 6.99. The van der Waals surface area contributed by atoms with Crippen molar-refractivity contribution in [2.75, 3.05) is 18.9 Å². The van der Waals surface area contributed by atoms with Gasteiger partial charge in [0.05, 0.1) is 11.9 Å². The van der Waals surface area contributed by atoms with E-state index in [1.807, 2.05) is 0 Å². The van der Waals surface area contributed by atoms with Crippen LogP contribution in [0, 0.1) is 5.82 Å². The molecule has 32 heavy (non-hydrogen) atoms. The maximum absolute atomic E-state index is 13.4. The van der Waals surface area contributed by atoms with Gasteiger partial charge in [0.2, 0.25) is 5.91 Å². The molecular formula is C20H21FN6O4S. The first-order chi connectivity index (χ1) is 15.5. The summed E-state index contributed by atoms with van der Waals surface area (Å²) in [5.74, 6) is -0.0433. The summed E-state index contributed by atoms with van der Waals surface area (Å²) in [6.07, 6.45) is 2.09. The van der Waals surface area contributed by atoms with Crippen LogP contribution in [-0.4, -0.2) is 55.6 Å². The Kier molecular flexibility index (Phi) is 6.81. The number of aromatic nitrogens is 5. The van der Waals surface area contributed by atoms with Gasteiger partial charge in [-0.15, -0.1) is 10.2 Å². The Morgan fingerprint density at radius 3 is 2.78 bits per heavy atom. The first-order valence-electron chi connectivity index (χ1n) is 10.0. The van der Waals surface area contributed by atoms with Crippen molar-refractivity contribution in [3.05, 3.63) is 68.5 Å². The number of ether oxygens (including phenoxy) is 1. The highest BCUT2D eigenvalue weighted by Crippen LogP contribution is 2.23. The number of rotatable bonds is 8. The third-order valence-corrected chi connectivity index (χ3v) is 5.76. The number of aromatic amines is 2. The monoisotopic (exact) mass is 460 g/mol. The molecule has 12 heteroatoms. The van der Waals surface area contributed by atoms with Crippen molar-refractivity contribution >= 4 is 17.7 Å². The van der Waals surface area contributed by atoms with Gasteiger partial charge < -0.3 is 15.0 Å². The number of halogens is 1. The number of benzene rings is 1. The minimum Gasteiger partial charge on any atom is -0.376 e. The molecule has 1 aliphatic rings. The van der Waals surface area contributed by atoms with Gasteiger partial charge in [-0.3, -0.25) is 19.1 Å². The summed E-state index contributed by atoms with van der Waals surface area (Å²) in [5.41, 5.74) is -0.229. The summed E-state index contributed by atoms with van der Waals surface area (Å²) < 4.78 is 20.6. The number of hydrogen-bond acceptors (Lipinski definition) is 7. The minimum absolute atomic E-state index is 0.0506. The van der Waals surface area contributed by atoms with Crippen molar-refractivity contribution < 1.29 is 13.9 Å². The number of hydrogen-bond donors (Lipinski definition) is 3. The molecular weight excluding hydrogens is 439 g/mol. The predicted octanol–water partition coefficient (Wildman–Crippen LogP) is 0.761. The SMILES string of the molecule is O=C(CSc1nnc(Cc2cc(=O)[nH]c(=O)[nH]2)n1-c1ccc(F)cc1)NCC1CCCO1. The van der Waals surface area contributed by atoms with Crippen molar-refractivity contribution in [3.8, 4) is 5.69 Å². The summed E-state index contributed by atoms with van der Waals surface area (Å²) in [6.45, 7) is 1.18. The highest BCUT2D eigenvalue weighted by molar-refractivity contribution is 7.99. The molecule has 1 fully saturated rings. The standard InChI is InChI=1S/C20H21FN6O4S/c21-12-3-5-14(6-4-12)27-16(8-13-9-17(28)24-19(30)23-13)25-26-20(27)32-11-18(29)22-10-15-2-1-7-31-15/h3-6,9,15H,1-2,7-8,10-11H2,(H,22,29)(H2,23,24,28,30). The zero-order valence-corrected chi connectivity index (χ0v) is 17.8. The summed E-state index contributed by atoms with van der Waals surface area (Å²) in [7, 11) is 0. The van der Waals surface area contributed by atoms with Gasteiger partial charge in [-0.2, -0.15) is 0 Å². The number of nitrogens with zero attached hydrogens (tertiary/aromatic N) is 3. The lowest BCUT2D eigenvalue weighted by molar-refractivity contribution is -0.119. The topological polar surface area (TPSA) is 135 Å². The molecule has 3 aromatic rings. The van der Waals surface area contributed by atoms with Crippen LogP contribution in [0.3, 0.4) is 0 Å². The second-order valence-electron chi connectivity index (χ2n) is 7.23. The lowest BCUT2D eigenvalue weighted by Crippen LogP contribution is -2.32. The molecule has 0 radical (unpaired) electrons. The second-order valence-corrected chi connectivity index (χ2v) is 8.17. The molecule has 168 valence electrons. The molecule has 1 unspecified atom stereocenters. The Morgan fingerprint density at radius 2 is 2.06 bits per heavy atom. The van der Waals surface area contributed by atoms with Gasteiger partial charge in [0.1, 0.15) is 11.6 Å². The summed E-state index contributed by atoms with van der Waals surface area (Å²) in [4.78, 5) is 40.1. The first kappa shape index (κ1) is 22.0. The zero-order valence-electron chi connectivity index (χ0n) is 17.0. The zero-order chi connectivity index (χ0) is 22.5. The van der Waals surface area contributed by atoms with E-state index in [1.54, 1.807) is 16.7 Å². The van der Waals surface area contributed by atoms with E-state index >= 15 is 0 Å². The van der Waals surface area contributed by atoms with Gasteiger partial charge in [-0.25, -0.2) is 9.18 Å². The van der Waals surface area contributed by atoms with E-state index in [0.717, 1.165) is 19.4 Å². The molecule has 4 rings (SSSR count). The van der Waals surface area contributed by atoms with E-state index in [-0.39, 0.29) is 24.2 Å². The summed E-state index contributed by atoms with van der Waals surface area (Å²) >= 11 is 1.18. The van der Waals surface area contributed by atoms with Crippen LogP contribution in [0.4, 0.5) is 4.39 Å². The normalized spacial score (nSPS) is 15.7. The van der Waals surface area contributed by atoms with Crippen LogP contribution in [0.15, 0.2) is 45.1 Å². The van der Waals surface area contributed by atoms with Crippen molar-refractivity contribution in [1.29, 1.82) is 0 Å². The quantitative estimate of drug-likeness (QED) is 0.423. The van der Waals surface area contributed by atoms with Crippen LogP contribution in [0.2, 0.25) is 0 Å². The van der Waals surface area contributed by atoms with Crippen LogP contribution in [0.5, 0.6) is 0 Å². The van der Waals surface area contributed by atoms with Crippen LogP contribution < -0.4 is 16.6 Å².